The smallest absolute Gasteiger partial charge is 0.204 e. The van der Waals surface area contributed by atoms with E-state index in [4.69, 9.17) is 5.73 Å². The largest absolute Gasteiger partial charge is 0.397 e. The highest BCUT2D eigenvalue weighted by atomic mass is 16.1. The number of nitrogens with two attached hydrogens (primary N) is 1. The minimum atomic E-state index is 0.559. The third kappa shape index (κ3) is 2.63. The molecule has 16 heavy (non-hydrogen) atoms. The lowest BCUT2D eigenvalue weighted by molar-refractivity contribution is 0.435. The van der Waals surface area contributed by atoms with Crippen LogP contribution in [-0.4, -0.2) is 18.4 Å². The molecule has 0 amide bonds. The molecule has 1 aliphatic carbocycles. The number of nitrogens with zero attached hydrogens (tertiary/aromatic N) is 1. The number of anilines is 1. The van der Waals surface area contributed by atoms with E-state index in [2.05, 4.69) is 4.98 Å². The molecular formula is C12H17BN2O. The Morgan fingerprint density at radius 3 is 2.62 bits per heavy atom. The van der Waals surface area contributed by atoms with Gasteiger partial charge in [0.2, 0.25) is 7.28 Å². The van der Waals surface area contributed by atoms with E-state index in [1.165, 1.54) is 0 Å². The second-order valence-corrected chi connectivity index (χ2v) is 4.64. The van der Waals surface area contributed by atoms with Gasteiger partial charge in [0.25, 0.3) is 0 Å². The quantitative estimate of drug-likeness (QED) is 0.618. The van der Waals surface area contributed by atoms with Gasteiger partial charge in [-0.25, -0.2) is 0 Å². The third-order valence-electron chi connectivity index (χ3n) is 3.50. The molecule has 0 aliphatic heterocycles. The van der Waals surface area contributed by atoms with Crippen LogP contribution in [-0.2, 0) is 4.79 Å². The second kappa shape index (κ2) is 5.15. The lowest BCUT2D eigenvalue weighted by Gasteiger charge is -2.26. The van der Waals surface area contributed by atoms with Crippen LogP contribution in [0.1, 0.15) is 37.3 Å². The molecule has 0 aromatic carbocycles. The number of pyridine rings is 1. The first-order valence-electron chi connectivity index (χ1n) is 5.94. The molecule has 1 saturated carbocycles. The fourth-order valence-corrected chi connectivity index (χ4v) is 2.49. The summed E-state index contributed by atoms with van der Waals surface area (Å²) in [6, 6.07) is 3.94. The number of carbonyl (C=O) groups excluding carboxylic acids is 1. The minimum Gasteiger partial charge on any atom is -0.397 e. The highest BCUT2D eigenvalue weighted by Gasteiger charge is 2.23. The number of nitrogen functional groups attached to an aromatic ring is 1. The van der Waals surface area contributed by atoms with Crippen LogP contribution in [0.5, 0.6) is 0 Å². The number of hydrogen-bond acceptors (Lipinski definition) is 3. The first-order valence-corrected chi connectivity index (χ1v) is 5.94. The molecule has 0 spiro atoms. The minimum absolute atomic E-state index is 0.559. The van der Waals surface area contributed by atoms with Gasteiger partial charge < -0.3 is 10.5 Å². The van der Waals surface area contributed by atoms with Crippen LogP contribution in [0.25, 0.3) is 0 Å². The lowest BCUT2D eigenvalue weighted by atomic mass is 9.59. The van der Waals surface area contributed by atoms with Crippen molar-refractivity contribution in [2.75, 3.05) is 5.73 Å². The van der Waals surface area contributed by atoms with Crippen molar-refractivity contribution in [1.82, 2.24) is 4.98 Å². The molecule has 2 N–H and O–H groups in total. The lowest BCUT2D eigenvalue weighted by Crippen LogP contribution is -2.15. The van der Waals surface area contributed by atoms with Crippen molar-refractivity contribution < 1.29 is 4.79 Å². The predicted octanol–water partition coefficient (Wildman–Crippen LogP) is 1.74. The standard InChI is InChI=1S/C12H17BN2O/c14-11-5-6-12(15-7-11)9-1-3-10(4-2-9)13-8-16/h5-10,13H,1-4,14H2. The molecule has 3 nitrogen and oxygen atoms in total. The maximum Gasteiger partial charge on any atom is 0.204 e. The number of aromatic nitrogens is 1. The molecule has 0 unspecified atom stereocenters. The predicted molar refractivity (Wildman–Crippen MR) is 67.5 cm³/mol. The Balaban J connectivity index is 1.93. The van der Waals surface area contributed by atoms with E-state index in [9.17, 15) is 4.79 Å². The summed E-state index contributed by atoms with van der Waals surface area (Å²) in [5.41, 5.74) is 7.49. The number of rotatable bonds is 3. The zero-order valence-electron chi connectivity index (χ0n) is 9.43. The van der Waals surface area contributed by atoms with Gasteiger partial charge >= 0.3 is 0 Å². The van der Waals surface area contributed by atoms with Crippen molar-refractivity contribution in [2.24, 2.45) is 0 Å². The summed E-state index contributed by atoms with van der Waals surface area (Å²) in [4.78, 5) is 14.8. The van der Waals surface area contributed by atoms with Crippen LogP contribution in [0, 0.1) is 0 Å². The highest BCUT2D eigenvalue weighted by molar-refractivity contribution is 6.67. The Hall–Kier alpha value is -1.32. The monoisotopic (exact) mass is 216 g/mol. The third-order valence-corrected chi connectivity index (χ3v) is 3.50. The summed E-state index contributed by atoms with van der Waals surface area (Å²) >= 11 is 0. The van der Waals surface area contributed by atoms with Crippen LogP contribution in [0.3, 0.4) is 0 Å². The van der Waals surface area contributed by atoms with Gasteiger partial charge in [0, 0.05) is 11.6 Å². The molecular weight excluding hydrogens is 199 g/mol. The highest BCUT2D eigenvalue weighted by Crippen LogP contribution is 2.37. The van der Waals surface area contributed by atoms with Gasteiger partial charge in [-0.1, -0.05) is 18.7 Å². The molecule has 0 radical (unpaired) electrons. The van der Waals surface area contributed by atoms with Gasteiger partial charge in [-0.05, 0) is 25.0 Å². The molecule has 1 aliphatic rings. The average molecular weight is 216 g/mol. The number of carbonyl (C=O) groups is 1. The zero-order valence-corrected chi connectivity index (χ0v) is 9.43. The van der Waals surface area contributed by atoms with Crippen molar-refractivity contribution in [2.45, 2.75) is 37.4 Å². The Bertz CT molecular complexity index is 345. The summed E-state index contributed by atoms with van der Waals surface area (Å²) in [5.74, 6) is 1.16. The Morgan fingerprint density at radius 1 is 1.31 bits per heavy atom. The SMILES string of the molecule is Nc1ccc(C2CCC(BC=O)CC2)nc1. The zero-order chi connectivity index (χ0) is 11.4. The first kappa shape index (κ1) is 11.2. The molecule has 2 rings (SSSR count). The van der Waals surface area contributed by atoms with Gasteiger partial charge in [0.1, 0.15) is 0 Å². The fraction of sp³-hybridized carbons (Fsp3) is 0.500. The van der Waals surface area contributed by atoms with Gasteiger partial charge in [-0.3, -0.25) is 4.98 Å². The summed E-state index contributed by atoms with van der Waals surface area (Å²) in [5, 5.41) is 0. The molecule has 84 valence electrons. The van der Waals surface area contributed by atoms with Crippen molar-refractivity contribution in [3.05, 3.63) is 24.0 Å². The van der Waals surface area contributed by atoms with E-state index < -0.39 is 0 Å². The van der Waals surface area contributed by atoms with Gasteiger partial charge in [-0.15, -0.1) is 0 Å². The first-order chi connectivity index (χ1) is 7.79. The van der Waals surface area contributed by atoms with Crippen molar-refractivity contribution >= 4 is 19.2 Å². The van der Waals surface area contributed by atoms with E-state index in [1.807, 2.05) is 12.1 Å². The van der Waals surface area contributed by atoms with E-state index in [-0.39, 0.29) is 0 Å². The second-order valence-electron chi connectivity index (χ2n) is 4.64. The molecule has 0 atom stereocenters. The van der Waals surface area contributed by atoms with Crippen LogP contribution >= 0.6 is 0 Å². The summed E-state index contributed by atoms with van der Waals surface area (Å²) in [6.45, 7) is 0. The van der Waals surface area contributed by atoms with Crippen LogP contribution in [0.4, 0.5) is 5.69 Å². The van der Waals surface area contributed by atoms with Crippen molar-refractivity contribution in [1.29, 1.82) is 0 Å². The summed E-state index contributed by atoms with van der Waals surface area (Å²) in [6.07, 6.45) is 7.37. The van der Waals surface area contributed by atoms with Crippen molar-refractivity contribution in [3.8, 4) is 0 Å². The molecule has 1 aromatic heterocycles. The van der Waals surface area contributed by atoms with Crippen LogP contribution in [0.2, 0.25) is 5.82 Å². The van der Waals surface area contributed by atoms with Crippen LogP contribution in [0.15, 0.2) is 18.3 Å². The molecule has 1 fully saturated rings. The van der Waals surface area contributed by atoms with Gasteiger partial charge in [0.05, 0.1) is 18.1 Å². The Kier molecular flexibility index (Phi) is 3.60. The Labute approximate surface area is 96.7 Å². The molecule has 1 aromatic rings. The molecule has 4 heteroatoms. The maximum atomic E-state index is 10.4. The van der Waals surface area contributed by atoms with E-state index in [0.29, 0.717) is 11.7 Å². The number of hydrogen-bond donors (Lipinski definition) is 1. The molecule has 1 heterocycles. The fourth-order valence-electron chi connectivity index (χ4n) is 2.49. The Morgan fingerprint density at radius 2 is 2.06 bits per heavy atom. The van der Waals surface area contributed by atoms with Gasteiger partial charge in [0.15, 0.2) is 0 Å². The summed E-state index contributed by atoms with van der Waals surface area (Å²) in [7, 11) is 0.724. The topological polar surface area (TPSA) is 56.0 Å². The van der Waals surface area contributed by atoms with E-state index >= 15 is 0 Å². The maximum absolute atomic E-state index is 10.4. The molecule has 0 bridgehead atoms. The van der Waals surface area contributed by atoms with E-state index in [1.54, 1.807) is 6.20 Å². The van der Waals surface area contributed by atoms with E-state index in [0.717, 1.165) is 50.5 Å². The average Bonchev–Trinajstić information content (AvgIpc) is 2.32. The normalized spacial score (nSPS) is 25.0. The van der Waals surface area contributed by atoms with Crippen LogP contribution < -0.4 is 5.73 Å². The summed E-state index contributed by atoms with van der Waals surface area (Å²) < 4.78 is 0. The molecule has 0 saturated heterocycles. The van der Waals surface area contributed by atoms with Crippen molar-refractivity contribution in [3.63, 3.8) is 0 Å². The van der Waals surface area contributed by atoms with Gasteiger partial charge in [-0.2, -0.15) is 0 Å².